The van der Waals surface area contributed by atoms with E-state index in [1.165, 1.54) is 0 Å². The minimum absolute atomic E-state index is 0.0176. The predicted octanol–water partition coefficient (Wildman–Crippen LogP) is 5.38. The highest BCUT2D eigenvalue weighted by Gasteiger charge is 2.45. The molecule has 0 unspecified atom stereocenters. The number of hydrogen-bond donors (Lipinski definition) is 0. The molecule has 0 N–H and O–H groups in total. The van der Waals surface area contributed by atoms with E-state index < -0.39 is 5.92 Å². The molecule has 0 aliphatic heterocycles. The molecule has 0 bridgehead atoms. The molecule has 146 valence electrons. The normalized spacial score (nSPS) is 16.1. The summed E-state index contributed by atoms with van der Waals surface area (Å²) < 4.78 is 28.1. The molecule has 29 heavy (non-hydrogen) atoms. The van der Waals surface area contributed by atoms with Crippen molar-refractivity contribution in [3.8, 4) is 17.1 Å². The van der Waals surface area contributed by atoms with Gasteiger partial charge in [0.25, 0.3) is 0 Å². The summed E-state index contributed by atoms with van der Waals surface area (Å²) in [6.45, 7) is 1.95. The maximum absolute atomic E-state index is 13.1. The van der Waals surface area contributed by atoms with Gasteiger partial charge in [-0.25, -0.2) is 18.4 Å². The van der Waals surface area contributed by atoms with Gasteiger partial charge < -0.3 is 0 Å². The van der Waals surface area contributed by atoms with Gasteiger partial charge >= 0.3 is 0 Å². The van der Waals surface area contributed by atoms with Crippen LogP contribution in [-0.4, -0.2) is 25.7 Å². The second-order valence-electron chi connectivity index (χ2n) is 7.82. The van der Waals surface area contributed by atoms with E-state index >= 15 is 0 Å². The number of alkyl halides is 2. The number of nitrogens with zero attached hydrogens (tertiary/aromatic N) is 4. The zero-order valence-electron chi connectivity index (χ0n) is 16.0. The van der Waals surface area contributed by atoms with Crippen LogP contribution in [0, 0.1) is 12.8 Å². The lowest BCUT2D eigenvalue weighted by atomic mass is 9.78. The van der Waals surface area contributed by atoms with Crippen molar-refractivity contribution >= 4 is 10.9 Å². The molecule has 0 amide bonds. The van der Waals surface area contributed by atoms with Crippen molar-refractivity contribution in [2.45, 2.75) is 32.1 Å². The molecule has 1 aromatic carbocycles. The van der Waals surface area contributed by atoms with E-state index in [9.17, 15) is 8.78 Å². The first-order valence-electron chi connectivity index (χ1n) is 9.73. The summed E-state index contributed by atoms with van der Waals surface area (Å²) in [5, 5.41) is 5.51. The van der Waals surface area contributed by atoms with Gasteiger partial charge in [0.05, 0.1) is 17.4 Å². The summed E-state index contributed by atoms with van der Waals surface area (Å²) in [7, 11) is 0. The van der Waals surface area contributed by atoms with Crippen molar-refractivity contribution in [1.29, 1.82) is 0 Å². The van der Waals surface area contributed by atoms with E-state index in [2.05, 4.69) is 16.1 Å². The van der Waals surface area contributed by atoms with Gasteiger partial charge in [0.2, 0.25) is 5.92 Å². The van der Waals surface area contributed by atoms with Gasteiger partial charge in [-0.05, 0) is 49.6 Å². The van der Waals surface area contributed by atoms with Crippen LogP contribution in [0.15, 0.2) is 60.8 Å². The summed E-state index contributed by atoms with van der Waals surface area (Å²) in [4.78, 5) is 9.30. The van der Waals surface area contributed by atoms with E-state index in [1.54, 1.807) is 0 Å². The largest absolute Gasteiger partial charge is 0.253 e. The zero-order valence-corrected chi connectivity index (χ0v) is 16.0. The number of fused-ring (bicyclic) bond motifs is 1. The highest BCUT2D eigenvalue weighted by molar-refractivity contribution is 5.84. The van der Waals surface area contributed by atoms with Crippen molar-refractivity contribution in [3.05, 3.63) is 72.2 Å². The van der Waals surface area contributed by atoms with Gasteiger partial charge in [-0.1, -0.05) is 24.3 Å². The molecule has 4 aromatic rings. The Kier molecular flexibility index (Phi) is 4.15. The minimum atomic E-state index is -2.49. The fraction of sp³-hybridized carbons (Fsp3) is 0.261. The van der Waals surface area contributed by atoms with Crippen LogP contribution in [0.1, 0.15) is 24.2 Å². The van der Waals surface area contributed by atoms with Crippen LogP contribution in [-0.2, 0) is 6.42 Å². The first kappa shape index (κ1) is 17.9. The number of pyridine rings is 2. The van der Waals surface area contributed by atoms with Crippen LogP contribution in [0.25, 0.3) is 28.0 Å². The van der Waals surface area contributed by atoms with Crippen LogP contribution < -0.4 is 0 Å². The monoisotopic (exact) mass is 390 g/mol. The molecule has 1 saturated carbocycles. The Balaban J connectivity index is 1.48. The number of aromatic nitrogens is 4. The smallest absolute Gasteiger partial charge is 0.248 e. The topological polar surface area (TPSA) is 43.6 Å². The average Bonchev–Trinajstić information content (AvgIpc) is 3.10. The van der Waals surface area contributed by atoms with Crippen LogP contribution >= 0.6 is 0 Å². The van der Waals surface area contributed by atoms with Gasteiger partial charge in [0.1, 0.15) is 0 Å². The lowest BCUT2D eigenvalue weighted by molar-refractivity contribution is -0.109. The summed E-state index contributed by atoms with van der Waals surface area (Å²) in [6, 6.07) is 17.7. The third-order valence-electron chi connectivity index (χ3n) is 5.44. The Bertz CT molecular complexity index is 1190. The molecule has 4 nitrogen and oxygen atoms in total. The molecule has 1 fully saturated rings. The molecule has 5 rings (SSSR count). The Morgan fingerprint density at radius 2 is 1.86 bits per heavy atom. The van der Waals surface area contributed by atoms with Crippen molar-refractivity contribution in [3.63, 3.8) is 0 Å². The molecule has 6 heteroatoms. The summed E-state index contributed by atoms with van der Waals surface area (Å²) in [6.07, 6.45) is 2.35. The van der Waals surface area contributed by atoms with E-state index in [-0.39, 0.29) is 18.8 Å². The molecule has 3 heterocycles. The van der Waals surface area contributed by atoms with Gasteiger partial charge in [0, 0.05) is 35.2 Å². The number of halogens is 2. The third kappa shape index (κ3) is 3.50. The van der Waals surface area contributed by atoms with Crippen LogP contribution in [0.5, 0.6) is 0 Å². The quantitative estimate of drug-likeness (QED) is 0.470. The number of aryl methyl sites for hydroxylation is 1. The highest BCUT2D eigenvalue weighted by Crippen LogP contribution is 2.43. The fourth-order valence-corrected chi connectivity index (χ4v) is 3.99. The first-order chi connectivity index (χ1) is 14.0. The van der Waals surface area contributed by atoms with Crippen LogP contribution in [0.3, 0.4) is 0 Å². The Labute approximate surface area is 167 Å². The molecule has 3 aromatic heterocycles. The van der Waals surface area contributed by atoms with Crippen molar-refractivity contribution in [2.24, 2.45) is 5.92 Å². The minimum Gasteiger partial charge on any atom is -0.253 e. The third-order valence-corrected chi connectivity index (χ3v) is 5.44. The average molecular weight is 390 g/mol. The Morgan fingerprint density at radius 3 is 2.66 bits per heavy atom. The van der Waals surface area contributed by atoms with Crippen LogP contribution in [0.4, 0.5) is 8.78 Å². The lowest BCUT2D eigenvalue weighted by Gasteiger charge is -2.34. The van der Waals surface area contributed by atoms with Crippen molar-refractivity contribution in [1.82, 2.24) is 19.7 Å². The molecule has 1 aliphatic rings. The summed E-state index contributed by atoms with van der Waals surface area (Å²) in [5.41, 5.74) is 4.54. The summed E-state index contributed by atoms with van der Waals surface area (Å²) in [5.74, 6) is -1.70. The molecule has 1 aliphatic carbocycles. The van der Waals surface area contributed by atoms with Crippen molar-refractivity contribution in [2.75, 3.05) is 0 Å². The maximum Gasteiger partial charge on any atom is 0.248 e. The lowest BCUT2D eigenvalue weighted by Crippen LogP contribution is -2.36. The van der Waals surface area contributed by atoms with Crippen molar-refractivity contribution < 1.29 is 8.78 Å². The van der Waals surface area contributed by atoms with E-state index in [1.807, 2.05) is 66.3 Å². The number of rotatable bonds is 4. The number of hydrogen-bond acceptors (Lipinski definition) is 3. The van der Waals surface area contributed by atoms with E-state index in [0.717, 1.165) is 39.4 Å². The van der Waals surface area contributed by atoms with Gasteiger partial charge in [-0.15, -0.1) is 0 Å². The predicted molar refractivity (Wildman–Crippen MR) is 108 cm³/mol. The number of benzene rings is 1. The highest BCUT2D eigenvalue weighted by atomic mass is 19.3. The molecule has 0 radical (unpaired) electrons. The van der Waals surface area contributed by atoms with Gasteiger partial charge in [-0.3, -0.25) is 4.98 Å². The molecular formula is C23H20F2N4. The zero-order chi connectivity index (χ0) is 20.0. The second kappa shape index (κ2) is 6.72. The van der Waals surface area contributed by atoms with E-state index in [4.69, 9.17) is 4.98 Å². The fourth-order valence-electron chi connectivity index (χ4n) is 3.99. The molecule has 0 saturated heterocycles. The van der Waals surface area contributed by atoms with Crippen LogP contribution in [0.2, 0.25) is 0 Å². The first-order valence-corrected chi connectivity index (χ1v) is 9.73. The standard InChI is InChI=1S/C23H20F2N4/c1-15-4-2-7-22(27-15)29-21-11-17(8-9-18(21)14-26-29)20-6-3-5-19(28-20)10-16-12-23(24,25)13-16/h2-9,11,14,16H,10,12-13H2,1H3. The Hall–Kier alpha value is -3.15. The maximum atomic E-state index is 13.1. The van der Waals surface area contributed by atoms with Gasteiger partial charge in [0.15, 0.2) is 5.82 Å². The molecular weight excluding hydrogens is 370 g/mol. The summed E-state index contributed by atoms with van der Waals surface area (Å²) >= 11 is 0. The van der Waals surface area contributed by atoms with E-state index in [0.29, 0.717) is 6.42 Å². The molecule has 0 atom stereocenters. The second-order valence-corrected chi connectivity index (χ2v) is 7.82. The Morgan fingerprint density at radius 1 is 1.03 bits per heavy atom. The molecule has 0 spiro atoms. The van der Waals surface area contributed by atoms with Gasteiger partial charge in [-0.2, -0.15) is 5.10 Å². The SMILES string of the molecule is Cc1cccc(-n2ncc3ccc(-c4cccc(CC5CC(F)(F)C5)n4)cc32)n1.